The Morgan fingerprint density at radius 2 is 1.62 bits per heavy atom. The van der Waals surface area contributed by atoms with Gasteiger partial charge in [0.2, 0.25) is 6.29 Å². The van der Waals surface area contributed by atoms with Gasteiger partial charge >= 0.3 is 35.5 Å². The second-order valence-corrected chi connectivity index (χ2v) is 3.93. The van der Waals surface area contributed by atoms with E-state index in [9.17, 15) is 25.2 Å². The topological polar surface area (TPSA) is 148 Å². The second kappa shape index (κ2) is 12.3. The first kappa shape index (κ1) is 23.0. The molecule has 0 spiro atoms. The van der Waals surface area contributed by atoms with Crippen molar-refractivity contribution < 1.29 is 40.2 Å². The number of rotatable bonds is 8. The van der Waals surface area contributed by atoms with E-state index in [1.807, 2.05) is 0 Å². The van der Waals surface area contributed by atoms with Crippen molar-refractivity contribution >= 4 is 35.5 Å². The van der Waals surface area contributed by atoms with Crippen LogP contribution in [0.15, 0.2) is 24.3 Å². The van der Waals surface area contributed by atoms with Crippen molar-refractivity contribution in [2.45, 2.75) is 37.6 Å². The Labute approximate surface area is 144 Å². The number of ether oxygens (including phenoxy) is 1. The van der Waals surface area contributed by atoms with Crippen LogP contribution in [0.4, 0.5) is 0 Å². The zero-order chi connectivity index (χ0) is 15.7. The SMILES string of the molecule is C/C=C/C=C/C(=O)OC(O)[C@H](O)[C@@H](O)[C@H](O)[C@H](O)CO.[NaH]. The molecule has 5 atom stereocenters. The molecule has 0 aliphatic rings. The maximum atomic E-state index is 11.2. The molecular weight excluding hydrogens is 295 g/mol. The fourth-order valence-corrected chi connectivity index (χ4v) is 1.18. The number of hydrogen-bond donors (Lipinski definition) is 6. The maximum absolute atomic E-state index is 11.2. The molecule has 0 saturated heterocycles. The normalized spacial score (nSPS) is 18.8. The molecule has 118 valence electrons. The first-order chi connectivity index (χ1) is 9.34. The van der Waals surface area contributed by atoms with Gasteiger partial charge in [0.25, 0.3) is 0 Å². The third-order valence-electron chi connectivity index (χ3n) is 2.35. The average Bonchev–Trinajstić information content (AvgIpc) is 2.44. The zero-order valence-electron chi connectivity index (χ0n) is 10.9. The summed E-state index contributed by atoms with van der Waals surface area (Å²) in [6, 6.07) is 0. The number of esters is 1. The van der Waals surface area contributed by atoms with E-state index in [2.05, 4.69) is 4.74 Å². The second-order valence-electron chi connectivity index (χ2n) is 3.93. The fourth-order valence-electron chi connectivity index (χ4n) is 1.18. The number of allylic oxidation sites excluding steroid dienone is 3. The molecule has 0 saturated carbocycles. The Bertz CT molecular complexity index is 346. The number of aliphatic hydroxyl groups is 6. The minimum absolute atomic E-state index is 0. The van der Waals surface area contributed by atoms with Crippen molar-refractivity contribution in [2.24, 2.45) is 0 Å². The molecule has 6 N–H and O–H groups in total. The standard InChI is InChI=1S/C12H20O8.Na.H/c1-2-3-4-5-8(15)20-12(19)11(18)10(17)9(16)7(14)6-13;;/h2-5,7,9-14,16-19H,6H2,1H3;;/b3-2+,5-4+;;/t7-,9-,10+,11-,12?;;/m1../s1. The van der Waals surface area contributed by atoms with Gasteiger partial charge in [-0.15, -0.1) is 0 Å². The molecule has 0 aliphatic heterocycles. The van der Waals surface area contributed by atoms with Gasteiger partial charge in [-0.1, -0.05) is 18.2 Å². The predicted molar refractivity (Wildman–Crippen MR) is 74.3 cm³/mol. The van der Waals surface area contributed by atoms with Crippen LogP contribution < -0.4 is 0 Å². The quantitative estimate of drug-likeness (QED) is 0.0900. The van der Waals surface area contributed by atoms with Crippen molar-refractivity contribution in [3.8, 4) is 0 Å². The van der Waals surface area contributed by atoms with Crippen LogP contribution in [0.5, 0.6) is 0 Å². The summed E-state index contributed by atoms with van der Waals surface area (Å²) >= 11 is 0. The average molecular weight is 316 g/mol. The van der Waals surface area contributed by atoms with Gasteiger partial charge in [0.05, 0.1) is 6.61 Å². The molecule has 21 heavy (non-hydrogen) atoms. The van der Waals surface area contributed by atoms with E-state index in [-0.39, 0.29) is 29.6 Å². The zero-order valence-corrected chi connectivity index (χ0v) is 10.9. The molecule has 0 aliphatic carbocycles. The monoisotopic (exact) mass is 316 g/mol. The van der Waals surface area contributed by atoms with E-state index in [1.165, 1.54) is 12.2 Å². The Kier molecular flexibility index (Phi) is 13.4. The van der Waals surface area contributed by atoms with E-state index in [1.54, 1.807) is 13.0 Å². The Morgan fingerprint density at radius 3 is 2.10 bits per heavy atom. The summed E-state index contributed by atoms with van der Waals surface area (Å²) in [5.74, 6) is -0.973. The molecule has 1 unspecified atom stereocenters. The van der Waals surface area contributed by atoms with Crippen LogP contribution in [0, 0.1) is 0 Å². The summed E-state index contributed by atoms with van der Waals surface area (Å²) in [7, 11) is 0. The molecule has 0 rings (SSSR count). The number of aliphatic hydroxyl groups excluding tert-OH is 6. The molecule has 0 heterocycles. The minimum atomic E-state index is -2.10. The number of hydrogen-bond acceptors (Lipinski definition) is 8. The molecule has 0 radical (unpaired) electrons. The number of carbonyl (C=O) groups excluding carboxylic acids is 1. The van der Waals surface area contributed by atoms with Crippen LogP contribution in [0.3, 0.4) is 0 Å². The Hall–Kier alpha value is -0.290. The van der Waals surface area contributed by atoms with E-state index >= 15 is 0 Å². The number of carbonyl (C=O) groups is 1. The van der Waals surface area contributed by atoms with Crippen LogP contribution in [-0.2, 0) is 9.53 Å². The molecule has 8 nitrogen and oxygen atoms in total. The van der Waals surface area contributed by atoms with Crippen molar-refractivity contribution in [2.75, 3.05) is 6.61 Å². The van der Waals surface area contributed by atoms with Crippen molar-refractivity contribution in [1.82, 2.24) is 0 Å². The van der Waals surface area contributed by atoms with E-state index in [0.717, 1.165) is 6.08 Å². The van der Waals surface area contributed by atoms with Crippen LogP contribution in [0.1, 0.15) is 6.92 Å². The van der Waals surface area contributed by atoms with Crippen molar-refractivity contribution in [3.63, 3.8) is 0 Å². The summed E-state index contributed by atoms with van der Waals surface area (Å²) in [4.78, 5) is 11.2. The van der Waals surface area contributed by atoms with Crippen molar-refractivity contribution in [1.29, 1.82) is 0 Å². The van der Waals surface area contributed by atoms with Gasteiger partial charge in [0.15, 0.2) is 0 Å². The molecule has 0 bridgehead atoms. The first-order valence-corrected chi connectivity index (χ1v) is 5.86. The summed E-state index contributed by atoms with van der Waals surface area (Å²) in [6.07, 6.45) is -4.31. The Balaban J connectivity index is 0. The third kappa shape index (κ3) is 8.67. The summed E-state index contributed by atoms with van der Waals surface area (Å²) in [5, 5.41) is 55.2. The van der Waals surface area contributed by atoms with Gasteiger partial charge in [-0.2, -0.15) is 0 Å². The molecule has 0 fully saturated rings. The third-order valence-corrected chi connectivity index (χ3v) is 2.35. The van der Waals surface area contributed by atoms with E-state index in [0.29, 0.717) is 0 Å². The van der Waals surface area contributed by atoms with Gasteiger partial charge in [0, 0.05) is 6.08 Å². The van der Waals surface area contributed by atoms with Gasteiger partial charge < -0.3 is 35.4 Å². The van der Waals surface area contributed by atoms with Gasteiger partial charge in [-0.05, 0) is 6.92 Å². The molecule has 0 aromatic rings. The van der Waals surface area contributed by atoms with Gasteiger partial charge in [-0.3, -0.25) is 0 Å². The molecule has 0 amide bonds. The van der Waals surface area contributed by atoms with Crippen molar-refractivity contribution in [3.05, 3.63) is 24.3 Å². The van der Waals surface area contributed by atoms with E-state index in [4.69, 9.17) is 10.2 Å². The Morgan fingerprint density at radius 1 is 1.05 bits per heavy atom. The van der Waals surface area contributed by atoms with Crippen LogP contribution in [0.25, 0.3) is 0 Å². The molecule has 0 aromatic heterocycles. The summed E-state index contributed by atoms with van der Waals surface area (Å²) < 4.78 is 4.37. The molecular formula is C12H21NaO8. The first-order valence-electron chi connectivity index (χ1n) is 5.86. The predicted octanol–water partition coefficient (Wildman–Crippen LogP) is -3.23. The van der Waals surface area contributed by atoms with Gasteiger partial charge in [0.1, 0.15) is 24.4 Å². The summed E-state index contributed by atoms with van der Waals surface area (Å²) in [6.45, 7) is 0.866. The molecule has 0 aromatic carbocycles. The summed E-state index contributed by atoms with van der Waals surface area (Å²) in [5.41, 5.74) is 0. The van der Waals surface area contributed by atoms with E-state index < -0.39 is 43.3 Å². The van der Waals surface area contributed by atoms with Crippen LogP contribution in [0.2, 0.25) is 0 Å². The molecule has 9 heteroatoms. The van der Waals surface area contributed by atoms with Crippen LogP contribution in [-0.4, -0.2) is 103 Å². The van der Waals surface area contributed by atoms with Crippen LogP contribution >= 0.6 is 0 Å². The fraction of sp³-hybridized carbons (Fsp3) is 0.583. The van der Waals surface area contributed by atoms with Gasteiger partial charge in [-0.25, -0.2) is 4.79 Å².